The summed E-state index contributed by atoms with van der Waals surface area (Å²) in [7, 11) is 0. The molecular formula is C14H18N2O2S2. The lowest BCUT2D eigenvalue weighted by molar-refractivity contribution is -0.134. The van der Waals surface area contributed by atoms with E-state index in [1.807, 2.05) is 16.7 Å². The van der Waals surface area contributed by atoms with E-state index in [0.29, 0.717) is 10.7 Å². The van der Waals surface area contributed by atoms with Gasteiger partial charge in [0.15, 0.2) is 6.61 Å². The lowest BCUT2D eigenvalue weighted by Gasteiger charge is -2.32. The zero-order valence-corrected chi connectivity index (χ0v) is 13.0. The number of rotatable bonds is 4. The summed E-state index contributed by atoms with van der Waals surface area (Å²) in [6.45, 7) is 2.94. The van der Waals surface area contributed by atoms with Crippen LogP contribution in [0.25, 0.3) is 0 Å². The first-order valence-electron chi connectivity index (χ1n) is 6.48. The van der Waals surface area contributed by atoms with Gasteiger partial charge in [0.05, 0.1) is 0 Å². The van der Waals surface area contributed by atoms with E-state index in [-0.39, 0.29) is 18.6 Å². The van der Waals surface area contributed by atoms with Crippen LogP contribution in [0.4, 0.5) is 0 Å². The van der Waals surface area contributed by atoms with Crippen LogP contribution in [0.1, 0.15) is 12.5 Å². The van der Waals surface area contributed by atoms with E-state index < -0.39 is 0 Å². The Morgan fingerprint density at radius 2 is 2.20 bits per heavy atom. The lowest BCUT2D eigenvalue weighted by atomic mass is 10.2. The van der Waals surface area contributed by atoms with Gasteiger partial charge in [0, 0.05) is 29.7 Å². The van der Waals surface area contributed by atoms with Gasteiger partial charge in [-0.2, -0.15) is 11.8 Å². The van der Waals surface area contributed by atoms with Gasteiger partial charge in [0.25, 0.3) is 5.91 Å². The lowest BCUT2D eigenvalue weighted by Crippen LogP contribution is -2.46. The largest absolute Gasteiger partial charge is 0.484 e. The number of amides is 1. The molecule has 2 N–H and O–H groups in total. The number of thioether (sulfide) groups is 1. The summed E-state index contributed by atoms with van der Waals surface area (Å²) in [5.41, 5.74) is 6.32. The van der Waals surface area contributed by atoms with Crippen molar-refractivity contribution in [2.24, 2.45) is 5.73 Å². The van der Waals surface area contributed by atoms with Crippen LogP contribution in [0.5, 0.6) is 5.75 Å². The minimum Gasteiger partial charge on any atom is -0.484 e. The summed E-state index contributed by atoms with van der Waals surface area (Å²) in [6, 6.07) is 7.42. The third-order valence-corrected chi connectivity index (χ3v) is 4.61. The van der Waals surface area contributed by atoms with E-state index in [1.54, 1.807) is 24.3 Å². The average Bonchev–Trinajstić information content (AvgIpc) is 2.45. The fraction of sp³-hybridized carbons (Fsp3) is 0.429. The fourth-order valence-electron chi connectivity index (χ4n) is 2.04. The highest BCUT2D eigenvalue weighted by Crippen LogP contribution is 2.17. The monoisotopic (exact) mass is 310 g/mol. The van der Waals surface area contributed by atoms with Crippen LogP contribution in [0.2, 0.25) is 0 Å². The molecule has 1 saturated heterocycles. The van der Waals surface area contributed by atoms with Gasteiger partial charge in [-0.15, -0.1) is 0 Å². The van der Waals surface area contributed by atoms with Crippen molar-refractivity contribution < 1.29 is 9.53 Å². The molecule has 1 unspecified atom stereocenters. The van der Waals surface area contributed by atoms with Gasteiger partial charge in [-0.05, 0) is 31.2 Å². The van der Waals surface area contributed by atoms with E-state index in [1.165, 1.54) is 0 Å². The second-order valence-corrected chi connectivity index (χ2v) is 6.28. The van der Waals surface area contributed by atoms with Crippen molar-refractivity contribution in [3.8, 4) is 5.75 Å². The van der Waals surface area contributed by atoms with Crippen LogP contribution in [0, 0.1) is 0 Å². The number of benzene rings is 1. The smallest absolute Gasteiger partial charge is 0.260 e. The number of nitrogens with two attached hydrogens (primary N) is 1. The van der Waals surface area contributed by atoms with Crippen LogP contribution in [-0.4, -0.2) is 46.5 Å². The molecule has 1 fully saturated rings. The molecule has 1 amide bonds. The van der Waals surface area contributed by atoms with E-state index in [4.69, 9.17) is 22.7 Å². The van der Waals surface area contributed by atoms with E-state index in [0.717, 1.165) is 23.6 Å². The van der Waals surface area contributed by atoms with Gasteiger partial charge in [0.2, 0.25) is 0 Å². The Kier molecular flexibility index (Phi) is 5.25. The number of nitrogens with zero attached hydrogens (tertiary/aromatic N) is 1. The number of carbonyl (C=O) groups is 1. The molecule has 108 valence electrons. The molecule has 0 saturated carbocycles. The van der Waals surface area contributed by atoms with Crippen molar-refractivity contribution in [1.29, 1.82) is 0 Å². The van der Waals surface area contributed by atoms with Crippen molar-refractivity contribution in [3.05, 3.63) is 29.8 Å². The van der Waals surface area contributed by atoms with E-state index >= 15 is 0 Å². The number of hydrogen-bond acceptors (Lipinski definition) is 4. The molecule has 6 heteroatoms. The highest BCUT2D eigenvalue weighted by atomic mass is 32.2. The second-order valence-electron chi connectivity index (χ2n) is 4.69. The predicted molar refractivity (Wildman–Crippen MR) is 86.3 cm³/mol. The first kappa shape index (κ1) is 15.1. The normalized spacial score (nSPS) is 18.6. The molecule has 1 heterocycles. The summed E-state index contributed by atoms with van der Waals surface area (Å²) < 4.78 is 5.52. The third-order valence-electron chi connectivity index (χ3n) is 3.19. The summed E-state index contributed by atoms with van der Waals surface area (Å²) in [6.07, 6.45) is 0. The Bertz CT molecular complexity index is 490. The molecule has 0 bridgehead atoms. The Balaban J connectivity index is 1.88. The third kappa shape index (κ3) is 3.86. The van der Waals surface area contributed by atoms with Crippen LogP contribution < -0.4 is 10.5 Å². The molecule has 0 aromatic heterocycles. The summed E-state index contributed by atoms with van der Waals surface area (Å²) in [5, 5.41) is 0. The highest BCUT2D eigenvalue weighted by molar-refractivity contribution is 7.99. The Labute approximate surface area is 128 Å². The molecule has 1 aromatic carbocycles. The van der Waals surface area contributed by atoms with Gasteiger partial charge in [-0.25, -0.2) is 0 Å². The quantitative estimate of drug-likeness (QED) is 0.857. The zero-order chi connectivity index (χ0) is 14.5. The van der Waals surface area contributed by atoms with Gasteiger partial charge in [-0.1, -0.05) is 12.2 Å². The molecule has 20 heavy (non-hydrogen) atoms. The SMILES string of the molecule is CC1CSCCN1C(=O)COc1ccc(C(N)=S)cc1. The average molecular weight is 310 g/mol. The molecule has 1 aliphatic rings. The van der Waals surface area contributed by atoms with E-state index in [9.17, 15) is 4.79 Å². The first-order chi connectivity index (χ1) is 9.58. The van der Waals surface area contributed by atoms with Gasteiger partial charge in [0.1, 0.15) is 10.7 Å². The zero-order valence-electron chi connectivity index (χ0n) is 11.4. The van der Waals surface area contributed by atoms with Crippen molar-refractivity contribution in [2.45, 2.75) is 13.0 Å². The Morgan fingerprint density at radius 1 is 1.50 bits per heavy atom. The predicted octanol–water partition coefficient (Wildman–Crippen LogP) is 1.66. The molecular weight excluding hydrogens is 292 g/mol. The molecule has 1 atom stereocenters. The topological polar surface area (TPSA) is 55.6 Å². The van der Waals surface area contributed by atoms with Crippen LogP contribution >= 0.6 is 24.0 Å². The minimum absolute atomic E-state index is 0.0382. The number of ether oxygens (including phenoxy) is 1. The maximum Gasteiger partial charge on any atom is 0.260 e. The first-order valence-corrected chi connectivity index (χ1v) is 8.04. The summed E-state index contributed by atoms with van der Waals surface area (Å²) >= 11 is 6.77. The Hall–Kier alpha value is -1.27. The molecule has 1 aliphatic heterocycles. The molecule has 1 aromatic rings. The highest BCUT2D eigenvalue weighted by Gasteiger charge is 2.23. The van der Waals surface area contributed by atoms with Crippen LogP contribution in [0.15, 0.2) is 24.3 Å². The van der Waals surface area contributed by atoms with Crippen molar-refractivity contribution in [3.63, 3.8) is 0 Å². The number of thiocarbonyl (C=S) groups is 1. The minimum atomic E-state index is 0.0382. The summed E-state index contributed by atoms with van der Waals surface area (Å²) in [4.78, 5) is 14.4. The maximum absolute atomic E-state index is 12.1. The molecule has 0 aliphatic carbocycles. The molecule has 0 radical (unpaired) electrons. The number of hydrogen-bond donors (Lipinski definition) is 1. The maximum atomic E-state index is 12.1. The van der Waals surface area contributed by atoms with Crippen molar-refractivity contribution in [2.75, 3.05) is 24.7 Å². The van der Waals surface area contributed by atoms with Gasteiger partial charge >= 0.3 is 0 Å². The van der Waals surface area contributed by atoms with Crippen molar-refractivity contribution >= 4 is 34.9 Å². The number of carbonyl (C=O) groups excluding carboxylic acids is 1. The van der Waals surface area contributed by atoms with Crippen LogP contribution in [-0.2, 0) is 4.79 Å². The van der Waals surface area contributed by atoms with Gasteiger partial charge in [-0.3, -0.25) is 4.79 Å². The standard InChI is InChI=1S/C14H18N2O2S2/c1-10-9-20-7-6-16(10)13(17)8-18-12-4-2-11(3-5-12)14(15)19/h2-5,10H,6-9H2,1H3,(H2,15,19). The fourth-order valence-corrected chi connectivity index (χ4v) is 3.19. The molecule has 0 spiro atoms. The van der Waals surface area contributed by atoms with E-state index in [2.05, 4.69) is 6.92 Å². The van der Waals surface area contributed by atoms with Gasteiger partial charge < -0.3 is 15.4 Å². The molecule has 2 rings (SSSR count). The molecule has 4 nitrogen and oxygen atoms in total. The van der Waals surface area contributed by atoms with Crippen molar-refractivity contribution in [1.82, 2.24) is 4.90 Å². The summed E-state index contributed by atoms with van der Waals surface area (Å²) in [5.74, 6) is 2.68. The second kappa shape index (κ2) is 6.95. The Morgan fingerprint density at radius 3 is 2.80 bits per heavy atom. The van der Waals surface area contributed by atoms with Crippen LogP contribution in [0.3, 0.4) is 0 Å².